The summed E-state index contributed by atoms with van der Waals surface area (Å²) in [5, 5.41) is 1.30. The van der Waals surface area contributed by atoms with Crippen molar-refractivity contribution < 1.29 is 0 Å². The van der Waals surface area contributed by atoms with Crippen LogP contribution in [0.2, 0.25) is 0 Å². The molecule has 0 nitrogen and oxygen atoms in total. The second-order valence-electron chi connectivity index (χ2n) is 1.48. The van der Waals surface area contributed by atoms with Gasteiger partial charge in [-0.3, -0.25) is 0 Å². The monoisotopic (exact) mass is 212 g/mol. The summed E-state index contributed by atoms with van der Waals surface area (Å²) in [7, 11) is 0. The molecule has 0 aromatic rings. The first kappa shape index (κ1) is 6.66. The van der Waals surface area contributed by atoms with E-state index in [4.69, 9.17) is 23.2 Å². The zero-order chi connectivity index (χ0) is 6.15. The van der Waals surface area contributed by atoms with Crippen molar-refractivity contribution in [3.63, 3.8) is 0 Å². The predicted molar refractivity (Wildman–Crippen MR) is 40.4 cm³/mol. The van der Waals surface area contributed by atoms with Crippen LogP contribution < -0.4 is 0 Å². The molecule has 3 heteroatoms. The van der Waals surface area contributed by atoms with Gasteiger partial charge in [-0.05, 0) is 0 Å². The summed E-state index contributed by atoms with van der Waals surface area (Å²) in [4.78, 5) is 0. The van der Waals surface area contributed by atoms with Crippen molar-refractivity contribution >= 4 is 39.1 Å². The molecule has 0 bridgehead atoms. The van der Waals surface area contributed by atoms with Crippen LogP contribution in [-0.2, 0) is 0 Å². The van der Waals surface area contributed by atoms with Crippen LogP contribution in [0.5, 0.6) is 0 Å². The van der Waals surface area contributed by atoms with Gasteiger partial charge in [0.25, 0.3) is 0 Å². The van der Waals surface area contributed by atoms with E-state index in [0.717, 1.165) is 10.9 Å². The van der Waals surface area contributed by atoms with Gasteiger partial charge in [-0.15, -0.1) is 0 Å². The van der Waals surface area contributed by atoms with Crippen LogP contribution in [0, 0.1) is 0 Å². The summed E-state index contributed by atoms with van der Waals surface area (Å²) in [6.45, 7) is 0. The molecular formula is C5H3BrCl2. The molecule has 1 aliphatic rings. The van der Waals surface area contributed by atoms with Crippen molar-refractivity contribution in [2.24, 2.45) is 0 Å². The largest absolute Gasteiger partial charge is 0.0830 e. The van der Waals surface area contributed by atoms with E-state index in [0.29, 0.717) is 10.1 Å². The molecule has 0 unspecified atom stereocenters. The van der Waals surface area contributed by atoms with Crippen LogP contribution in [0.15, 0.2) is 20.6 Å². The Morgan fingerprint density at radius 2 is 2.12 bits per heavy atom. The second kappa shape index (κ2) is 2.42. The van der Waals surface area contributed by atoms with Crippen molar-refractivity contribution in [1.29, 1.82) is 0 Å². The third-order valence-corrected chi connectivity index (χ3v) is 2.73. The van der Waals surface area contributed by atoms with Crippen LogP contribution in [-0.4, -0.2) is 0 Å². The first-order valence-corrected chi connectivity index (χ1v) is 3.67. The minimum absolute atomic E-state index is 0.645. The molecule has 0 saturated heterocycles. The molecule has 0 aromatic heterocycles. The van der Waals surface area contributed by atoms with Gasteiger partial charge in [0.2, 0.25) is 0 Å². The molecule has 0 fully saturated rings. The zero-order valence-corrected chi connectivity index (χ0v) is 7.02. The fourth-order valence-corrected chi connectivity index (χ4v) is 1.32. The summed E-state index contributed by atoms with van der Waals surface area (Å²) < 4.78 is 0.976. The summed E-state index contributed by atoms with van der Waals surface area (Å²) in [6, 6.07) is 0. The molecule has 0 amide bonds. The average Bonchev–Trinajstić information content (AvgIpc) is 1.98. The molecule has 1 rings (SSSR count). The fourth-order valence-electron chi connectivity index (χ4n) is 0.488. The second-order valence-corrected chi connectivity index (χ2v) is 3.22. The van der Waals surface area contributed by atoms with E-state index in [9.17, 15) is 0 Å². The fraction of sp³-hybridized carbons (Fsp3) is 0.200. The number of hydrogen-bond donors (Lipinski definition) is 0. The van der Waals surface area contributed by atoms with Gasteiger partial charge in [0.05, 0.1) is 10.1 Å². The van der Waals surface area contributed by atoms with Gasteiger partial charge in [-0.25, -0.2) is 0 Å². The zero-order valence-electron chi connectivity index (χ0n) is 3.92. The molecule has 0 aliphatic heterocycles. The molecular weight excluding hydrogens is 211 g/mol. The van der Waals surface area contributed by atoms with Crippen LogP contribution in [0.3, 0.4) is 0 Å². The van der Waals surface area contributed by atoms with Crippen molar-refractivity contribution in [3.8, 4) is 0 Å². The van der Waals surface area contributed by atoms with Gasteiger partial charge >= 0.3 is 0 Å². The van der Waals surface area contributed by atoms with Crippen LogP contribution in [0.1, 0.15) is 6.42 Å². The van der Waals surface area contributed by atoms with E-state index in [1.807, 2.05) is 6.08 Å². The maximum Gasteiger partial charge on any atom is 0.0693 e. The minimum Gasteiger partial charge on any atom is -0.0830 e. The van der Waals surface area contributed by atoms with Gasteiger partial charge in [-0.2, -0.15) is 0 Å². The lowest BCUT2D eigenvalue weighted by atomic mass is 10.5. The van der Waals surface area contributed by atoms with E-state index >= 15 is 0 Å². The maximum atomic E-state index is 5.65. The van der Waals surface area contributed by atoms with E-state index in [2.05, 4.69) is 15.9 Å². The van der Waals surface area contributed by atoms with E-state index in [1.54, 1.807) is 0 Å². The summed E-state index contributed by atoms with van der Waals surface area (Å²) in [5.74, 6) is 0. The number of hydrogen-bond acceptors (Lipinski definition) is 0. The lowest BCUT2D eigenvalue weighted by molar-refractivity contribution is 1.42. The Kier molecular flexibility index (Phi) is 2.02. The Labute approximate surface area is 66.3 Å². The highest BCUT2D eigenvalue weighted by molar-refractivity contribution is 9.11. The minimum atomic E-state index is 0.645. The normalized spacial score (nSPS) is 19.6. The summed E-state index contributed by atoms with van der Waals surface area (Å²) >= 11 is 14.5. The molecule has 8 heavy (non-hydrogen) atoms. The van der Waals surface area contributed by atoms with Crippen molar-refractivity contribution in [2.45, 2.75) is 6.42 Å². The molecule has 0 saturated carbocycles. The van der Waals surface area contributed by atoms with E-state index in [-0.39, 0.29) is 0 Å². The number of allylic oxidation sites excluding steroid dienone is 4. The SMILES string of the molecule is ClC1=CCC(Br)=C1Cl. The van der Waals surface area contributed by atoms with E-state index in [1.165, 1.54) is 0 Å². The molecule has 0 heterocycles. The Hall–Kier alpha value is 0.540. The van der Waals surface area contributed by atoms with Crippen LogP contribution >= 0.6 is 39.1 Å². The highest BCUT2D eigenvalue weighted by atomic mass is 79.9. The topological polar surface area (TPSA) is 0 Å². The molecule has 0 aromatic carbocycles. The average molecular weight is 214 g/mol. The first-order chi connectivity index (χ1) is 3.72. The molecule has 1 aliphatic carbocycles. The highest BCUT2D eigenvalue weighted by Crippen LogP contribution is 2.34. The van der Waals surface area contributed by atoms with Gasteiger partial charge in [0.15, 0.2) is 0 Å². The van der Waals surface area contributed by atoms with E-state index < -0.39 is 0 Å². The highest BCUT2D eigenvalue weighted by Gasteiger charge is 2.10. The predicted octanol–water partition coefficient (Wildman–Crippen LogP) is 3.36. The number of halogens is 3. The van der Waals surface area contributed by atoms with Crippen molar-refractivity contribution in [3.05, 3.63) is 20.6 Å². The van der Waals surface area contributed by atoms with Crippen LogP contribution in [0.25, 0.3) is 0 Å². The number of rotatable bonds is 0. The van der Waals surface area contributed by atoms with Gasteiger partial charge < -0.3 is 0 Å². The maximum absolute atomic E-state index is 5.65. The Bertz CT molecular complexity index is 164. The van der Waals surface area contributed by atoms with Crippen molar-refractivity contribution in [2.75, 3.05) is 0 Å². The Morgan fingerprint density at radius 3 is 2.25 bits per heavy atom. The molecule has 0 radical (unpaired) electrons. The standard InChI is InChI=1S/C5H3BrCl2/c6-3-1-2-4(7)5(3)8/h2H,1H2. The molecule has 0 spiro atoms. The summed E-state index contributed by atoms with van der Waals surface area (Å²) in [5.41, 5.74) is 0. The summed E-state index contributed by atoms with van der Waals surface area (Å²) in [6.07, 6.45) is 2.70. The lowest BCUT2D eigenvalue weighted by Crippen LogP contribution is -1.63. The quantitative estimate of drug-likeness (QED) is 0.579. The van der Waals surface area contributed by atoms with Gasteiger partial charge in [-0.1, -0.05) is 45.2 Å². The third kappa shape index (κ3) is 1.09. The Balaban J connectivity index is 2.88. The van der Waals surface area contributed by atoms with Gasteiger partial charge in [0.1, 0.15) is 0 Å². The smallest absolute Gasteiger partial charge is 0.0693 e. The first-order valence-electron chi connectivity index (χ1n) is 2.12. The molecule has 0 N–H and O–H groups in total. The third-order valence-electron chi connectivity index (χ3n) is 0.908. The Morgan fingerprint density at radius 1 is 1.50 bits per heavy atom. The van der Waals surface area contributed by atoms with Crippen LogP contribution in [0.4, 0.5) is 0 Å². The van der Waals surface area contributed by atoms with Crippen molar-refractivity contribution in [1.82, 2.24) is 0 Å². The molecule has 0 atom stereocenters. The van der Waals surface area contributed by atoms with Gasteiger partial charge in [0, 0.05) is 10.9 Å². The lowest BCUT2D eigenvalue weighted by Gasteiger charge is -1.86. The molecule has 44 valence electrons.